The van der Waals surface area contributed by atoms with E-state index in [1.807, 2.05) is 42.6 Å². The Morgan fingerprint density at radius 1 is 1.14 bits per heavy atom. The van der Waals surface area contributed by atoms with Crippen LogP contribution in [0.5, 0.6) is 0 Å². The van der Waals surface area contributed by atoms with Crippen LogP contribution in [0.4, 0.5) is 5.82 Å². The number of pyridine rings is 1. The Balaban J connectivity index is 1.52. The molecule has 0 aliphatic carbocycles. The number of nitrogens with one attached hydrogen (secondary N) is 1. The fourth-order valence-electron chi connectivity index (χ4n) is 2.84. The van der Waals surface area contributed by atoms with Crippen LogP contribution < -0.4 is 10.2 Å². The van der Waals surface area contributed by atoms with Gasteiger partial charge in [0.1, 0.15) is 5.82 Å². The molecule has 1 aromatic carbocycles. The second-order valence-electron chi connectivity index (χ2n) is 5.77. The first kappa shape index (κ1) is 15.0. The molecule has 4 heteroatoms. The average Bonchev–Trinajstić information content (AvgIpc) is 3.10. The second kappa shape index (κ2) is 7.38. The number of hydrogen-bond acceptors (Lipinski definition) is 4. The SMILES string of the molecule is O[C@H](CNCc1ccnc(N2CCCC2)c1)c1ccccc1. The molecule has 1 aliphatic rings. The van der Waals surface area contributed by atoms with E-state index in [-0.39, 0.29) is 0 Å². The summed E-state index contributed by atoms with van der Waals surface area (Å²) in [5.41, 5.74) is 2.15. The Labute approximate surface area is 131 Å². The van der Waals surface area contributed by atoms with Crippen molar-refractivity contribution in [1.82, 2.24) is 10.3 Å². The number of hydrogen-bond donors (Lipinski definition) is 2. The van der Waals surface area contributed by atoms with Crippen molar-refractivity contribution in [3.63, 3.8) is 0 Å². The summed E-state index contributed by atoms with van der Waals surface area (Å²) in [6, 6.07) is 13.9. The maximum absolute atomic E-state index is 10.1. The number of rotatable bonds is 6. The van der Waals surface area contributed by atoms with Crippen LogP contribution in [0, 0.1) is 0 Å². The third-order valence-corrected chi connectivity index (χ3v) is 4.09. The van der Waals surface area contributed by atoms with Crippen molar-refractivity contribution in [2.75, 3.05) is 24.5 Å². The lowest BCUT2D eigenvalue weighted by molar-refractivity contribution is 0.174. The van der Waals surface area contributed by atoms with Gasteiger partial charge >= 0.3 is 0 Å². The first-order chi connectivity index (χ1) is 10.8. The minimum atomic E-state index is -0.471. The Morgan fingerprint density at radius 3 is 2.68 bits per heavy atom. The topological polar surface area (TPSA) is 48.4 Å². The summed E-state index contributed by atoms with van der Waals surface area (Å²) in [6.07, 6.45) is 3.92. The number of aromatic nitrogens is 1. The van der Waals surface area contributed by atoms with Gasteiger partial charge in [-0.05, 0) is 36.1 Å². The molecule has 0 bridgehead atoms. The normalized spacial score (nSPS) is 16.0. The predicted octanol–water partition coefficient (Wildman–Crippen LogP) is 2.51. The van der Waals surface area contributed by atoms with E-state index >= 15 is 0 Å². The molecule has 1 aliphatic heterocycles. The standard InChI is InChI=1S/C18H23N3O/c22-17(16-6-2-1-3-7-16)14-19-13-15-8-9-20-18(12-15)21-10-4-5-11-21/h1-3,6-9,12,17,19,22H,4-5,10-11,13-14H2/t17-/m1/s1. The van der Waals surface area contributed by atoms with Gasteiger partial charge in [0.15, 0.2) is 0 Å². The zero-order chi connectivity index (χ0) is 15.2. The van der Waals surface area contributed by atoms with Gasteiger partial charge in [0, 0.05) is 32.4 Å². The number of nitrogens with zero attached hydrogens (tertiary/aromatic N) is 2. The number of aliphatic hydroxyl groups excluding tert-OH is 1. The lowest BCUT2D eigenvalue weighted by Crippen LogP contribution is -2.22. The van der Waals surface area contributed by atoms with Crippen molar-refractivity contribution in [2.45, 2.75) is 25.5 Å². The molecule has 0 amide bonds. The Bertz CT molecular complexity index is 582. The van der Waals surface area contributed by atoms with Crippen LogP contribution in [0.2, 0.25) is 0 Å². The molecule has 1 fully saturated rings. The lowest BCUT2D eigenvalue weighted by atomic mass is 10.1. The molecular weight excluding hydrogens is 274 g/mol. The van der Waals surface area contributed by atoms with Crippen LogP contribution in [-0.2, 0) is 6.54 Å². The largest absolute Gasteiger partial charge is 0.387 e. The van der Waals surface area contributed by atoms with Crippen LogP contribution in [0.25, 0.3) is 0 Å². The van der Waals surface area contributed by atoms with E-state index in [1.54, 1.807) is 0 Å². The van der Waals surface area contributed by atoms with Gasteiger partial charge in [-0.3, -0.25) is 0 Å². The molecule has 2 heterocycles. The molecule has 0 saturated carbocycles. The molecule has 1 saturated heterocycles. The van der Waals surface area contributed by atoms with Crippen molar-refractivity contribution in [3.8, 4) is 0 Å². The predicted molar refractivity (Wildman–Crippen MR) is 88.8 cm³/mol. The van der Waals surface area contributed by atoms with E-state index in [0.717, 1.165) is 31.0 Å². The van der Waals surface area contributed by atoms with Gasteiger partial charge in [-0.25, -0.2) is 4.98 Å². The molecule has 0 spiro atoms. The summed E-state index contributed by atoms with van der Waals surface area (Å²) >= 11 is 0. The molecular formula is C18H23N3O. The van der Waals surface area contributed by atoms with Crippen LogP contribution in [-0.4, -0.2) is 29.7 Å². The highest BCUT2D eigenvalue weighted by molar-refractivity contribution is 5.41. The van der Waals surface area contributed by atoms with Crippen molar-refractivity contribution in [3.05, 3.63) is 59.8 Å². The summed E-state index contributed by atoms with van der Waals surface area (Å²) < 4.78 is 0. The first-order valence-electron chi connectivity index (χ1n) is 7.96. The molecule has 4 nitrogen and oxygen atoms in total. The van der Waals surface area contributed by atoms with Crippen LogP contribution >= 0.6 is 0 Å². The molecule has 1 atom stereocenters. The van der Waals surface area contributed by atoms with Crippen molar-refractivity contribution in [2.24, 2.45) is 0 Å². The highest BCUT2D eigenvalue weighted by Gasteiger charge is 2.13. The molecule has 1 aromatic heterocycles. The zero-order valence-electron chi connectivity index (χ0n) is 12.8. The Morgan fingerprint density at radius 2 is 1.91 bits per heavy atom. The van der Waals surface area contributed by atoms with E-state index in [4.69, 9.17) is 0 Å². The van der Waals surface area contributed by atoms with Gasteiger partial charge in [-0.2, -0.15) is 0 Å². The van der Waals surface area contributed by atoms with E-state index in [0.29, 0.717) is 6.54 Å². The fourth-order valence-corrected chi connectivity index (χ4v) is 2.84. The zero-order valence-corrected chi connectivity index (χ0v) is 12.8. The fraction of sp³-hybridized carbons (Fsp3) is 0.389. The number of anilines is 1. The number of benzene rings is 1. The Kier molecular flexibility index (Phi) is 5.03. The molecule has 2 N–H and O–H groups in total. The summed E-state index contributed by atoms with van der Waals surface area (Å²) in [7, 11) is 0. The van der Waals surface area contributed by atoms with E-state index in [1.165, 1.54) is 18.4 Å². The second-order valence-corrected chi connectivity index (χ2v) is 5.77. The highest BCUT2D eigenvalue weighted by atomic mass is 16.3. The molecule has 0 radical (unpaired) electrons. The van der Waals surface area contributed by atoms with Gasteiger partial charge in [0.05, 0.1) is 6.10 Å². The van der Waals surface area contributed by atoms with Gasteiger partial charge in [0.2, 0.25) is 0 Å². The van der Waals surface area contributed by atoms with E-state index < -0.39 is 6.10 Å². The quantitative estimate of drug-likeness (QED) is 0.860. The molecule has 116 valence electrons. The molecule has 22 heavy (non-hydrogen) atoms. The van der Waals surface area contributed by atoms with Crippen LogP contribution in [0.15, 0.2) is 48.7 Å². The molecule has 3 rings (SSSR count). The van der Waals surface area contributed by atoms with Gasteiger partial charge < -0.3 is 15.3 Å². The third kappa shape index (κ3) is 3.84. The molecule has 0 unspecified atom stereocenters. The summed E-state index contributed by atoms with van der Waals surface area (Å²) in [4.78, 5) is 6.80. The van der Waals surface area contributed by atoms with Crippen molar-refractivity contribution >= 4 is 5.82 Å². The molecule has 2 aromatic rings. The summed E-state index contributed by atoms with van der Waals surface area (Å²) in [6.45, 7) is 3.51. The van der Waals surface area contributed by atoms with Gasteiger partial charge in [-0.1, -0.05) is 30.3 Å². The smallest absolute Gasteiger partial charge is 0.128 e. The van der Waals surface area contributed by atoms with Crippen LogP contribution in [0.1, 0.15) is 30.1 Å². The van der Waals surface area contributed by atoms with Crippen molar-refractivity contribution < 1.29 is 5.11 Å². The lowest BCUT2D eigenvalue weighted by Gasteiger charge is -2.17. The third-order valence-electron chi connectivity index (χ3n) is 4.09. The van der Waals surface area contributed by atoms with Gasteiger partial charge in [-0.15, -0.1) is 0 Å². The monoisotopic (exact) mass is 297 g/mol. The minimum Gasteiger partial charge on any atom is -0.387 e. The van der Waals surface area contributed by atoms with Crippen LogP contribution in [0.3, 0.4) is 0 Å². The summed E-state index contributed by atoms with van der Waals surface area (Å²) in [5, 5.41) is 13.5. The number of aliphatic hydroxyl groups is 1. The summed E-state index contributed by atoms with van der Waals surface area (Å²) in [5.74, 6) is 1.07. The Hall–Kier alpha value is -1.91. The highest BCUT2D eigenvalue weighted by Crippen LogP contribution is 2.18. The maximum atomic E-state index is 10.1. The maximum Gasteiger partial charge on any atom is 0.128 e. The van der Waals surface area contributed by atoms with E-state index in [2.05, 4.69) is 21.3 Å². The average molecular weight is 297 g/mol. The first-order valence-corrected chi connectivity index (χ1v) is 7.96. The minimum absolute atomic E-state index is 0.471. The van der Waals surface area contributed by atoms with E-state index in [9.17, 15) is 5.11 Å². The van der Waals surface area contributed by atoms with Gasteiger partial charge in [0.25, 0.3) is 0 Å². The van der Waals surface area contributed by atoms with Crippen molar-refractivity contribution in [1.29, 1.82) is 0 Å².